The monoisotopic (exact) mass is 333 g/mol. The third-order valence-corrected chi connectivity index (χ3v) is 4.02. The summed E-state index contributed by atoms with van der Waals surface area (Å²) in [7, 11) is -3.19. The molecular weight excluding hydrogens is 314 g/mol. The fourth-order valence-electron chi connectivity index (χ4n) is 2.27. The van der Waals surface area contributed by atoms with E-state index in [1.165, 1.54) is 10.9 Å². The van der Waals surface area contributed by atoms with Gasteiger partial charge in [0.25, 0.3) is 0 Å². The van der Waals surface area contributed by atoms with E-state index in [9.17, 15) is 8.42 Å². The SMILES string of the molecule is CCc1nn(CS(C)(=O)=O)c(CC)c1Oc1ccc(C#N)cc1. The van der Waals surface area contributed by atoms with E-state index in [4.69, 9.17) is 10.00 Å². The molecule has 1 aromatic heterocycles. The zero-order valence-electron chi connectivity index (χ0n) is 13.4. The molecule has 0 N–H and O–H groups in total. The van der Waals surface area contributed by atoms with Crippen molar-refractivity contribution in [1.82, 2.24) is 9.78 Å². The molecule has 2 aromatic rings. The van der Waals surface area contributed by atoms with E-state index in [1.807, 2.05) is 13.8 Å². The van der Waals surface area contributed by atoms with Crippen LogP contribution >= 0.6 is 0 Å². The van der Waals surface area contributed by atoms with Crippen LogP contribution in [0, 0.1) is 11.3 Å². The van der Waals surface area contributed by atoms with E-state index >= 15 is 0 Å². The van der Waals surface area contributed by atoms with Crippen LogP contribution in [0.25, 0.3) is 0 Å². The van der Waals surface area contributed by atoms with Crippen molar-refractivity contribution < 1.29 is 13.2 Å². The van der Waals surface area contributed by atoms with Crippen LogP contribution in [0.15, 0.2) is 24.3 Å². The van der Waals surface area contributed by atoms with E-state index in [0.29, 0.717) is 29.9 Å². The zero-order chi connectivity index (χ0) is 17.0. The number of nitrogens with zero attached hydrogens (tertiary/aromatic N) is 3. The Morgan fingerprint density at radius 2 is 1.87 bits per heavy atom. The summed E-state index contributed by atoms with van der Waals surface area (Å²) in [6, 6.07) is 8.83. The van der Waals surface area contributed by atoms with Crippen molar-refractivity contribution in [3.05, 3.63) is 41.2 Å². The minimum atomic E-state index is -3.19. The van der Waals surface area contributed by atoms with Gasteiger partial charge in [-0.2, -0.15) is 10.4 Å². The summed E-state index contributed by atoms with van der Waals surface area (Å²) in [5.74, 6) is 1.02. The molecule has 0 saturated carbocycles. The number of ether oxygens (including phenoxy) is 1. The molecule has 0 saturated heterocycles. The third-order valence-electron chi connectivity index (χ3n) is 3.31. The fourth-order valence-corrected chi connectivity index (χ4v) is 2.93. The van der Waals surface area contributed by atoms with Gasteiger partial charge in [-0.3, -0.25) is 4.68 Å². The molecule has 0 amide bonds. The highest BCUT2D eigenvalue weighted by molar-refractivity contribution is 7.89. The first-order valence-corrected chi connectivity index (χ1v) is 9.38. The molecule has 2 rings (SSSR count). The molecule has 0 radical (unpaired) electrons. The van der Waals surface area contributed by atoms with Crippen molar-refractivity contribution in [3.8, 4) is 17.6 Å². The summed E-state index contributed by atoms with van der Waals surface area (Å²) >= 11 is 0. The first-order valence-electron chi connectivity index (χ1n) is 7.32. The standard InChI is InChI=1S/C16H19N3O3S/c1-4-14-16(22-13-8-6-12(10-17)7-9-13)15(5-2)19(18-14)11-23(3,20)21/h6-9H,4-5,11H2,1-3H3. The Morgan fingerprint density at radius 3 is 2.35 bits per heavy atom. The first kappa shape index (κ1) is 17.0. The Labute approximate surface area is 136 Å². The lowest BCUT2D eigenvalue weighted by Gasteiger charge is -2.09. The minimum Gasteiger partial charge on any atom is -0.453 e. The number of nitriles is 1. The van der Waals surface area contributed by atoms with Gasteiger partial charge in [-0.1, -0.05) is 13.8 Å². The van der Waals surface area contributed by atoms with Crippen molar-refractivity contribution in [1.29, 1.82) is 5.26 Å². The minimum absolute atomic E-state index is 0.167. The van der Waals surface area contributed by atoms with Crippen LogP contribution in [0.3, 0.4) is 0 Å². The normalized spacial score (nSPS) is 11.2. The average Bonchev–Trinajstić information content (AvgIpc) is 2.82. The molecule has 0 fully saturated rings. The predicted molar refractivity (Wildman–Crippen MR) is 87.1 cm³/mol. The van der Waals surface area contributed by atoms with Gasteiger partial charge in [0, 0.05) is 6.26 Å². The van der Waals surface area contributed by atoms with Gasteiger partial charge in [-0.15, -0.1) is 0 Å². The maximum atomic E-state index is 11.6. The highest BCUT2D eigenvalue weighted by atomic mass is 32.2. The predicted octanol–water partition coefficient (Wildman–Crippen LogP) is 2.67. The summed E-state index contributed by atoms with van der Waals surface area (Å²) in [5, 5.41) is 13.2. The number of hydrogen-bond acceptors (Lipinski definition) is 5. The topological polar surface area (TPSA) is 85.0 Å². The van der Waals surface area contributed by atoms with Crippen LogP contribution in [0.2, 0.25) is 0 Å². The van der Waals surface area contributed by atoms with Crippen molar-refractivity contribution in [3.63, 3.8) is 0 Å². The molecule has 0 aliphatic heterocycles. The zero-order valence-corrected chi connectivity index (χ0v) is 14.2. The fraction of sp³-hybridized carbons (Fsp3) is 0.375. The molecule has 0 atom stereocenters. The van der Waals surface area contributed by atoms with Gasteiger partial charge in [-0.05, 0) is 37.1 Å². The van der Waals surface area contributed by atoms with Crippen LogP contribution in [0.5, 0.6) is 11.5 Å². The summed E-state index contributed by atoms with van der Waals surface area (Å²) in [5.41, 5.74) is 2.02. The van der Waals surface area contributed by atoms with E-state index < -0.39 is 9.84 Å². The van der Waals surface area contributed by atoms with Gasteiger partial charge >= 0.3 is 0 Å². The van der Waals surface area contributed by atoms with Crippen molar-refractivity contribution in [2.45, 2.75) is 32.6 Å². The highest BCUT2D eigenvalue weighted by Crippen LogP contribution is 2.30. The highest BCUT2D eigenvalue weighted by Gasteiger charge is 2.20. The molecule has 6 nitrogen and oxygen atoms in total. The van der Waals surface area contributed by atoms with E-state index in [0.717, 1.165) is 11.4 Å². The van der Waals surface area contributed by atoms with Gasteiger partial charge in [0.05, 0.1) is 17.3 Å². The lowest BCUT2D eigenvalue weighted by atomic mass is 10.2. The molecule has 122 valence electrons. The maximum Gasteiger partial charge on any atom is 0.171 e. The largest absolute Gasteiger partial charge is 0.453 e. The molecule has 0 aliphatic carbocycles. The Morgan fingerprint density at radius 1 is 1.22 bits per heavy atom. The second-order valence-electron chi connectivity index (χ2n) is 5.22. The molecule has 1 aromatic carbocycles. The van der Waals surface area contributed by atoms with Crippen LogP contribution in [-0.2, 0) is 28.6 Å². The van der Waals surface area contributed by atoms with Gasteiger partial charge in [0.15, 0.2) is 15.6 Å². The van der Waals surface area contributed by atoms with Crippen LogP contribution < -0.4 is 4.74 Å². The summed E-state index contributed by atoms with van der Waals surface area (Å²) in [6.07, 6.45) is 2.42. The summed E-state index contributed by atoms with van der Waals surface area (Å²) in [4.78, 5) is 0. The van der Waals surface area contributed by atoms with E-state index in [1.54, 1.807) is 24.3 Å². The molecule has 0 unspecified atom stereocenters. The lowest BCUT2D eigenvalue weighted by Crippen LogP contribution is -2.13. The molecule has 0 bridgehead atoms. The lowest BCUT2D eigenvalue weighted by molar-refractivity contribution is 0.469. The quantitative estimate of drug-likeness (QED) is 0.811. The summed E-state index contributed by atoms with van der Waals surface area (Å²) < 4.78 is 30.6. The van der Waals surface area contributed by atoms with E-state index in [2.05, 4.69) is 11.2 Å². The van der Waals surface area contributed by atoms with Gasteiger partial charge in [0.2, 0.25) is 0 Å². The second kappa shape index (κ2) is 6.84. The number of aromatic nitrogens is 2. The molecule has 0 spiro atoms. The van der Waals surface area contributed by atoms with Gasteiger partial charge in [-0.25, -0.2) is 8.42 Å². The van der Waals surface area contributed by atoms with E-state index in [-0.39, 0.29) is 5.88 Å². The smallest absolute Gasteiger partial charge is 0.171 e. The van der Waals surface area contributed by atoms with Crippen molar-refractivity contribution >= 4 is 9.84 Å². The molecule has 7 heteroatoms. The Kier molecular flexibility index (Phi) is 5.06. The van der Waals surface area contributed by atoms with Gasteiger partial charge in [0.1, 0.15) is 17.3 Å². The third kappa shape index (κ3) is 4.11. The molecular formula is C16H19N3O3S. The molecule has 1 heterocycles. The number of benzene rings is 1. The number of aryl methyl sites for hydroxylation is 1. The molecule has 23 heavy (non-hydrogen) atoms. The van der Waals surface area contributed by atoms with Crippen LogP contribution in [-0.4, -0.2) is 24.5 Å². The Balaban J connectivity index is 2.41. The average molecular weight is 333 g/mol. The Bertz CT molecular complexity index is 831. The van der Waals surface area contributed by atoms with Crippen LogP contribution in [0.1, 0.15) is 30.8 Å². The van der Waals surface area contributed by atoms with Crippen molar-refractivity contribution in [2.24, 2.45) is 0 Å². The number of rotatable bonds is 6. The maximum absolute atomic E-state index is 11.6. The summed E-state index contributed by atoms with van der Waals surface area (Å²) in [6.45, 7) is 3.87. The first-order chi connectivity index (χ1) is 10.9. The Hall–Kier alpha value is -2.33. The molecule has 0 aliphatic rings. The second-order valence-corrected chi connectivity index (χ2v) is 7.33. The number of sulfone groups is 1. The number of hydrogen-bond donors (Lipinski definition) is 0. The van der Waals surface area contributed by atoms with Crippen molar-refractivity contribution in [2.75, 3.05) is 6.26 Å². The van der Waals surface area contributed by atoms with Gasteiger partial charge < -0.3 is 4.74 Å². The van der Waals surface area contributed by atoms with Crippen LogP contribution in [0.4, 0.5) is 0 Å².